The second-order valence-electron chi connectivity index (χ2n) is 6.78. The van der Waals surface area contributed by atoms with E-state index in [9.17, 15) is 13.2 Å². The number of anilines is 1. The van der Waals surface area contributed by atoms with Crippen molar-refractivity contribution in [1.29, 1.82) is 0 Å². The van der Waals surface area contributed by atoms with Crippen molar-refractivity contribution in [3.05, 3.63) is 58.1 Å². The summed E-state index contributed by atoms with van der Waals surface area (Å²) in [4.78, 5) is 14.5. The fourth-order valence-electron chi connectivity index (χ4n) is 3.25. The lowest BCUT2D eigenvalue weighted by Crippen LogP contribution is -2.50. The molecular weight excluding hydrogens is 449 g/mol. The molecular formula is C20H23Cl2N3O4S. The highest BCUT2D eigenvalue weighted by Crippen LogP contribution is 2.23. The molecule has 0 aromatic heterocycles. The van der Waals surface area contributed by atoms with E-state index in [4.69, 9.17) is 27.9 Å². The van der Waals surface area contributed by atoms with Crippen molar-refractivity contribution < 1.29 is 17.9 Å². The fraction of sp³-hybridized carbons (Fsp3) is 0.350. The third-order valence-corrected chi connectivity index (χ3v) is 7.23. The van der Waals surface area contributed by atoms with Crippen LogP contribution >= 0.6 is 23.2 Å². The average Bonchev–Trinajstić information content (AvgIpc) is 2.74. The molecule has 1 aliphatic heterocycles. The summed E-state index contributed by atoms with van der Waals surface area (Å²) in [5.74, 6) is -0.238. The first-order valence-electron chi connectivity index (χ1n) is 9.40. The Bertz CT molecular complexity index is 992. The maximum absolute atomic E-state index is 12.7. The molecule has 1 heterocycles. The Kier molecular flexibility index (Phi) is 7.46. The summed E-state index contributed by atoms with van der Waals surface area (Å²) in [5, 5.41) is 3.69. The molecule has 30 heavy (non-hydrogen) atoms. The molecule has 10 heteroatoms. The maximum atomic E-state index is 12.7. The van der Waals surface area contributed by atoms with Gasteiger partial charge in [0, 0.05) is 48.5 Å². The summed E-state index contributed by atoms with van der Waals surface area (Å²) >= 11 is 11.9. The van der Waals surface area contributed by atoms with Gasteiger partial charge in [-0.2, -0.15) is 4.31 Å². The molecule has 1 N–H and O–H groups in total. The van der Waals surface area contributed by atoms with Crippen molar-refractivity contribution in [3.63, 3.8) is 0 Å². The van der Waals surface area contributed by atoms with Crippen LogP contribution in [0.4, 0.5) is 5.69 Å². The van der Waals surface area contributed by atoms with Crippen LogP contribution in [0.3, 0.4) is 0 Å². The van der Waals surface area contributed by atoms with Gasteiger partial charge in [-0.3, -0.25) is 4.79 Å². The standard InChI is InChI=1S/C20H23Cl2N3O4S/c1-29-19-7-4-16(22)14-18(19)20(26)23-8-13-30(27,28)25-11-9-24(10-12-25)17-5-2-15(21)3-6-17/h2-7,14H,8-13H2,1H3,(H,23,26). The van der Waals surface area contributed by atoms with Crippen LogP contribution in [0.1, 0.15) is 10.4 Å². The van der Waals surface area contributed by atoms with Crippen molar-refractivity contribution >= 4 is 44.8 Å². The second kappa shape index (κ2) is 9.87. The number of hydrogen-bond donors (Lipinski definition) is 1. The Morgan fingerprint density at radius 2 is 1.67 bits per heavy atom. The third-order valence-electron chi connectivity index (χ3n) is 4.88. The largest absolute Gasteiger partial charge is 0.496 e. The van der Waals surface area contributed by atoms with Crippen molar-refractivity contribution in [2.45, 2.75) is 0 Å². The fourth-order valence-corrected chi connectivity index (χ4v) is 4.89. The van der Waals surface area contributed by atoms with E-state index in [0.29, 0.717) is 42.0 Å². The Hall–Kier alpha value is -2.00. The molecule has 2 aromatic rings. The number of hydrogen-bond acceptors (Lipinski definition) is 5. The maximum Gasteiger partial charge on any atom is 0.255 e. The number of methoxy groups -OCH3 is 1. The molecule has 1 fully saturated rings. The Balaban J connectivity index is 1.52. The predicted octanol–water partition coefficient (Wildman–Crippen LogP) is 2.88. The lowest BCUT2D eigenvalue weighted by atomic mass is 10.2. The van der Waals surface area contributed by atoms with Crippen LogP contribution < -0.4 is 15.0 Å². The number of benzene rings is 2. The smallest absolute Gasteiger partial charge is 0.255 e. The highest BCUT2D eigenvalue weighted by molar-refractivity contribution is 7.89. The van der Waals surface area contributed by atoms with Gasteiger partial charge < -0.3 is 15.0 Å². The topological polar surface area (TPSA) is 78.9 Å². The lowest BCUT2D eigenvalue weighted by Gasteiger charge is -2.35. The first-order valence-corrected chi connectivity index (χ1v) is 11.8. The Morgan fingerprint density at radius 3 is 2.30 bits per heavy atom. The van der Waals surface area contributed by atoms with Crippen LogP contribution in [0, 0.1) is 0 Å². The molecule has 0 spiro atoms. The van der Waals surface area contributed by atoms with Crippen molar-refractivity contribution in [2.75, 3.05) is 50.5 Å². The zero-order valence-electron chi connectivity index (χ0n) is 16.5. The molecule has 2 aromatic carbocycles. The average molecular weight is 472 g/mol. The van der Waals surface area contributed by atoms with Crippen LogP contribution in [0.2, 0.25) is 10.0 Å². The number of nitrogens with zero attached hydrogens (tertiary/aromatic N) is 2. The summed E-state index contributed by atoms with van der Waals surface area (Å²) < 4.78 is 31.9. The molecule has 3 rings (SSSR count). The number of rotatable bonds is 7. The number of carbonyl (C=O) groups is 1. The van der Waals surface area contributed by atoms with E-state index in [-0.39, 0.29) is 17.9 Å². The van der Waals surface area contributed by atoms with E-state index in [1.165, 1.54) is 17.5 Å². The van der Waals surface area contributed by atoms with E-state index >= 15 is 0 Å². The SMILES string of the molecule is COc1ccc(Cl)cc1C(=O)NCCS(=O)(=O)N1CCN(c2ccc(Cl)cc2)CC1. The zero-order valence-corrected chi connectivity index (χ0v) is 18.8. The van der Waals surface area contributed by atoms with Crippen molar-refractivity contribution in [1.82, 2.24) is 9.62 Å². The number of carbonyl (C=O) groups excluding carboxylic acids is 1. The minimum Gasteiger partial charge on any atom is -0.496 e. The Morgan fingerprint density at radius 1 is 1.03 bits per heavy atom. The van der Waals surface area contributed by atoms with Gasteiger partial charge in [0.1, 0.15) is 5.75 Å². The molecule has 162 valence electrons. The monoisotopic (exact) mass is 471 g/mol. The summed E-state index contributed by atoms with van der Waals surface area (Å²) in [5.41, 5.74) is 1.28. The molecule has 0 atom stereocenters. The first-order chi connectivity index (χ1) is 14.3. The van der Waals surface area contributed by atoms with Gasteiger partial charge in [-0.05, 0) is 42.5 Å². The van der Waals surface area contributed by atoms with Gasteiger partial charge in [0.25, 0.3) is 5.91 Å². The highest BCUT2D eigenvalue weighted by Gasteiger charge is 2.27. The van der Waals surface area contributed by atoms with Crippen molar-refractivity contribution in [3.8, 4) is 5.75 Å². The van der Waals surface area contributed by atoms with Gasteiger partial charge in [-0.1, -0.05) is 23.2 Å². The van der Waals surface area contributed by atoms with Crippen molar-refractivity contribution in [2.24, 2.45) is 0 Å². The molecule has 0 bridgehead atoms. The van der Waals surface area contributed by atoms with Gasteiger partial charge in [0.05, 0.1) is 18.4 Å². The van der Waals surface area contributed by atoms with E-state index in [0.717, 1.165) is 5.69 Å². The summed E-state index contributed by atoms with van der Waals surface area (Å²) in [7, 11) is -2.03. The number of ether oxygens (including phenoxy) is 1. The van der Waals surface area contributed by atoms with Crippen LogP contribution in [-0.4, -0.2) is 64.2 Å². The van der Waals surface area contributed by atoms with E-state index in [1.54, 1.807) is 12.1 Å². The molecule has 0 saturated carbocycles. The van der Waals surface area contributed by atoms with E-state index < -0.39 is 15.9 Å². The minimum atomic E-state index is -3.48. The molecule has 1 aliphatic rings. The van der Waals surface area contributed by atoms with Gasteiger partial charge in [-0.25, -0.2) is 8.42 Å². The number of amides is 1. The minimum absolute atomic E-state index is 0.00572. The molecule has 0 aliphatic carbocycles. The third kappa shape index (κ3) is 5.57. The van der Waals surface area contributed by atoms with Gasteiger partial charge in [0.15, 0.2) is 0 Å². The second-order valence-corrected chi connectivity index (χ2v) is 9.74. The molecule has 7 nitrogen and oxygen atoms in total. The zero-order chi connectivity index (χ0) is 21.7. The number of halogens is 2. The van der Waals surface area contributed by atoms with Crippen LogP contribution in [-0.2, 0) is 10.0 Å². The highest BCUT2D eigenvalue weighted by atomic mass is 35.5. The number of piperazine rings is 1. The molecule has 0 unspecified atom stereocenters. The van der Waals surface area contributed by atoms with E-state index in [1.807, 2.05) is 24.3 Å². The normalized spacial score (nSPS) is 15.1. The van der Waals surface area contributed by atoms with Crippen LogP contribution in [0.25, 0.3) is 0 Å². The van der Waals surface area contributed by atoms with Gasteiger partial charge in [-0.15, -0.1) is 0 Å². The molecule has 1 amide bonds. The van der Waals surface area contributed by atoms with Crippen LogP contribution in [0.15, 0.2) is 42.5 Å². The Labute approximate surface area is 186 Å². The number of sulfonamides is 1. The van der Waals surface area contributed by atoms with Gasteiger partial charge in [0.2, 0.25) is 10.0 Å². The summed E-state index contributed by atoms with van der Waals surface area (Å²) in [6, 6.07) is 12.2. The first kappa shape index (κ1) is 22.7. The summed E-state index contributed by atoms with van der Waals surface area (Å²) in [6.07, 6.45) is 0. The summed E-state index contributed by atoms with van der Waals surface area (Å²) in [6.45, 7) is 1.95. The van der Waals surface area contributed by atoms with Gasteiger partial charge >= 0.3 is 0 Å². The quantitative estimate of drug-likeness (QED) is 0.671. The molecule has 0 radical (unpaired) electrons. The van der Waals surface area contributed by atoms with Crippen LogP contribution in [0.5, 0.6) is 5.75 Å². The number of nitrogens with one attached hydrogen (secondary N) is 1. The van der Waals surface area contributed by atoms with E-state index in [2.05, 4.69) is 10.2 Å². The lowest BCUT2D eigenvalue weighted by molar-refractivity contribution is 0.0953. The predicted molar refractivity (Wildman–Crippen MR) is 119 cm³/mol. The molecule has 1 saturated heterocycles.